The maximum atomic E-state index is 13.5. The summed E-state index contributed by atoms with van der Waals surface area (Å²) in [6, 6.07) is 2.72. The van der Waals surface area contributed by atoms with E-state index < -0.39 is 33.5 Å². The van der Waals surface area contributed by atoms with Gasteiger partial charge in [-0.05, 0) is 37.0 Å². The van der Waals surface area contributed by atoms with E-state index in [0.717, 1.165) is 18.2 Å². The predicted octanol–water partition coefficient (Wildman–Crippen LogP) is 1.86. The minimum atomic E-state index is -3.77. The number of likely N-dealkylation sites (tertiary alicyclic amines) is 1. The Labute approximate surface area is 139 Å². The summed E-state index contributed by atoms with van der Waals surface area (Å²) in [6.45, 7) is 1.20. The van der Waals surface area contributed by atoms with Crippen LogP contribution in [0.15, 0.2) is 18.2 Å². The minimum absolute atomic E-state index is 0.0815. The van der Waals surface area contributed by atoms with Gasteiger partial charge in [0.25, 0.3) is 0 Å². The van der Waals surface area contributed by atoms with E-state index in [1.54, 1.807) is 4.90 Å². The molecule has 0 spiro atoms. The first-order chi connectivity index (χ1) is 11.3. The molecule has 0 saturated carbocycles. The third-order valence-corrected chi connectivity index (χ3v) is 5.29. The van der Waals surface area contributed by atoms with E-state index in [4.69, 9.17) is 0 Å². The van der Waals surface area contributed by atoms with E-state index in [1.807, 2.05) is 0 Å². The molecule has 1 aromatic carbocycles. The maximum Gasteiger partial charge on any atom is 0.409 e. The van der Waals surface area contributed by atoms with Gasteiger partial charge in [-0.25, -0.2) is 26.7 Å². The first-order valence-electron chi connectivity index (χ1n) is 7.55. The van der Waals surface area contributed by atoms with E-state index >= 15 is 0 Å². The Balaban J connectivity index is 1.85. The molecule has 0 aliphatic carbocycles. The molecule has 24 heavy (non-hydrogen) atoms. The van der Waals surface area contributed by atoms with Crippen LogP contribution in [0.25, 0.3) is 0 Å². The van der Waals surface area contributed by atoms with Crippen molar-refractivity contribution in [2.45, 2.75) is 18.6 Å². The van der Waals surface area contributed by atoms with Gasteiger partial charge >= 0.3 is 6.09 Å². The highest BCUT2D eigenvalue weighted by molar-refractivity contribution is 7.88. The lowest BCUT2D eigenvalue weighted by molar-refractivity contribution is 0.106. The number of carbonyl (C=O) groups is 1. The highest BCUT2D eigenvalue weighted by atomic mass is 32.2. The number of rotatable bonds is 5. The summed E-state index contributed by atoms with van der Waals surface area (Å²) in [5.41, 5.74) is -0.206. The highest BCUT2D eigenvalue weighted by Crippen LogP contribution is 2.18. The van der Waals surface area contributed by atoms with Crippen molar-refractivity contribution < 1.29 is 26.7 Å². The molecule has 6 nitrogen and oxygen atoms in total. The fourth-order valence-electron chi connectivity index (χ4n) is 2.60. The van der Waals surface area contributed by atoms with Crippen molar-refractivity contribution in [1.29, 1.82) is 0 Å². The molecular formula is C15H20F2N2O4S. The zero-order valence-electron chi connectivity index (χ0n) is 13.3. The smallest absolute Gasteiger partial charge is 0.409 e. The SMILES string of the molecule is COC(=O)N1CCC(CNS(=O)(=O)Cc2cc(F)ccc2F)CC1. The van der Waals surface area contributed by atoms with Crippen LogP contribution < -0.4 is 4.72 Å². The van der Waals surface area contributed by atoms with Crippen LogP contribution in [0.5, 0.6) is 0 Å². The van der Waals surface area contributed by atoms with Crippen LogP contribution in [0.1, 0.15) is 18.4 Å². The summed E-state index contributed by atoms with van der Waals surface area (Å²) in [5.74, 6) is -1.97. The molecule has 9 heteroatoms. The third kappa shape index (κ3) is 5.13. The van der Waals surface area contributed by atoms with Crippen LogP contribution in [0.4, 0.5) is 13.6 Å². The van der Waals surface area contributed by atoms with Crippen molar-refractivity contribution in [3.63, 3.8) is 0 Å². The molecule has 1 aliphatic rings. The average molecular weight is 362 g/mol. The standard InChI is InChI=1S/C15H20F2N2O4S/c1-23-15(20)19-6-4-11(5-7-19)9-18-24(21,22)10-12-8-13(16)2-3-14(12)17/h2-3,8,11,18H,4-7,9-10H2,1H3. The van der Waals surface area contributed by atoms with Crippen molar-refractivity contribution in [3.8, 4) is 0 Å². The number of sulfonamides is 1. The zero-order chi connectivity index (χ0) is 17.7. The number of ether oxygens (including phenoxy) is 1. The normalized spacial score (nSPS) is 16.2. The molecule has 0 atom stereocenters. The van der Waals surface area contributed by atoms with Crippen molar-refractivity contribution >= 4 is 16.1 Å². The summed E-state index contributed by atoms with van der Waals surface area (Å²) < 4.78 is 57.8. The summed E-state index contributed by atoms with van der Waals surface area (Å²) in [7, 11) is -2.46. The van der Waals surface area contributed by atoms with Crippen LogP contribution >= 0.6 is 0 Å². The number of hydrogen-bond donors (Lipinski definition) is 1. The van der Waals surface area contributed by atoms with E-state index in [9.17, 15) is 22.0 Å². The second-order valence-electron chi connectivity index (χ2n) is 5.74. The lowest BCUT2D eigenvalue weighted by Crippen LogP contribution is -2.41. The highest BCUT2D eigenvalue weighted by Gasteiger charge is 2.24. The van der Waals surface area contributed by atoms with Gasteiger partial charge in [-0.3, -0.25) is 0 Å². The van der Waals surface area contributed by atoms with Gasteiger partial charge < -0.3 is 9.64 Å². The Morgan fingerprint density at radius 1 is 1.33 bits per heavy atom. The molecule has 0 aromatic heterocycles. The number of nitrogens with one attached hydrogen (secondary N) is 1. The van der Waals surface area contributed by atoms with Gasteiger partial charge in [0, 0.05) is 25.2 Å². The van der Waals surface area contributed by atoms with Crippen molar-refractivity contribution in [3.05, 3.63) is 35.4 Å². The third-order valence-electron chi connectivity index (χ3n) is 3.99. The van der Waals surface area contributed by atoms with Gasteiger partial charge in [0.2, 0.25) is 10.0 Å². The molecule has 134 valence electrons. The van der Waals surface area contributed by atoms with Gasteiger partial charge in [0.05, 0.1) is 12.9 Å². The van der Waals surface area contributed by atoms with Crippen LogP contribution in [-0.2, 0) is 20.5 Å². The molecule has 1 heterocycles. The number of amides is 1. The van der Waals surface area contributed by atoms with E-state index in [2.05, 4.69) is 9.46 Å². The molecular weight excluding hydrogens is 342 g/mol. The minimum Gasteiger partial charge on any atom is -0.453 e. The molecule has 1 fully saturated rings. The molecule has 1 amide bonds. The Bertz CT molecular complexity index is 689. The van der Waals surface area contributed by atoms with E-state index in [1.165, 1.54) is 7.11 Å². The van der Waals surface area contributed by atoms with Crippen LogP contribution in [0.2, 0.25) is 0 Å². The fourth-order valence-corrected chi connectivity index (χ4v) is 3.83. The van der Waals surface area contributed by atoms with E-state index in [-0.39, 0.29) is 18.0 Å². The van der Waals surface area contributed by atoms with Crippen molar-refractivity contribution in [2.24, 2.45) is 5.92 Å². The predicted molar refractivity (Wildman–Crippen MR) is 83.7 cm³/mol. The van der Waals surface area contributed by atoms with Gasteiger partial charge in [-0.1, -0.05) is 0 Å². The van der Waals surface area contributed by atoms with Gasteiger partial charge in [0.15, 0.2) is 0 Å². The number of benzene rings is 1. The molecule has 0 unspecified atom stereocenters. The zero-order valence-corrected chi connectivity index (χ0v) is 14.1. The van der Waals surface area contributed by atoms with Crippen molar-refractivity contribution in [1.82, 2.24) is 9.62 Å². The molecule has 0 bridgehead atoms. The second-order valence-corrected chi connectivity index (χ2v) is 7.55. The molecule has 1 aliphatic heterocycles. The quantitative estimate of drug-likeness (QED) is 0.868. The van der Waals surface area contributed by atoms with E-state index in [0.29, 0.717) is 25.9 Å². The first-order valence-corrected chi connectivity index (χ1v) is 9.20. The lowest BCUT2D eigenvalue weighted by atomic mass is 9.97. The maximum absolute atomic E-state index is 13.5. The lowest BCUT2D eigenvalue weighted by Gasteiger charge is -2.30. The fraction of sp³-hybridized carbons (Fsp3) is 0.533. The number of halogens is 2. The number of methoxy groups -OCH3 is 1. The number of piperidine rings is 1. The first kappa shape index (κ1) is 18.6. The van der Waals surface area contributed by atoms with Gasteiger partial charge in [-0.15, -0.1) is 0 Å². The second kappa shape index (κ2) is 7.89. The Morgan fingerprint density at radius 2 is 2.00 bits per heavy atom. The largest absolute Gasteiger partial charge is 0.453 e. The van der Waals surface area contributed by atoms with Crippen molar-refractivity contribution in [2.75, 3.05) is 26.7 Å². The van der Waals surface area contributed by atoms with Crippen LogP contribution in [0.3, 0.4) is 0 Å². The Morgan fingerprint density at radius 3 is 2.62 bits per heavy atom. The Kier molecular flexibility index (Phi) is 6.11. The number of carbonyl (C=O) groups excluding carboxylic acids is 1. The number of nitrogens with zero attached hydrogens (tertiary/aromatic N) is 1. The average Bonchev–Trinajstić information content (AvgIpc) is 2.56. The van der Waals surface area contributed by atoms with Crippen LogP contribution in [0, 0.1) is 17.6 Å². The van der Waals surface area contributed by atoms with Gasteiger partial charge in [0.1, 0.15) is 11.6 Å². The molecule has 0 radical (unpaired) electrons. The summed E-state index contributed by atoms with van der Waals surface area (Å²) >= 11 is 0. The summed E-state index contributed by atoms with van der Waals surface area (Å²) in [6.07, 6.45) is 0.897. The molecule has 1 aromatic rings. The molecule has 2 rings (SSSR count). The monoisotopic (exact) mass is 362 g/mol. The topological polar surface area (TPSA) is 75.7 Å². The molecule has 1 saturated heterocycles. The number of hydrogen-bond acceptors (Lipinski definition) is 4. The summed E-state index contributed by atoms with van der Waals surface area (Å²) in [4.78, 5) is 12.9. The van der Waals surface area contributed by atoms with Gasteiger partial charge in [-0.2, -0.15) is 0 Å². The Hall–Kier alpha value is -1.74. The van der Waals surface area contributed by atoms with Crippen LogP contribution in [-0.4, -0.2) is 46.2 Å². The summed E-state index contributed by atoms with van der Waals surface area (Å²) in [5, 5.41) is 0. The molecule has 1 N–H and O–H groups in total.